The summed E-state index contributed by atoms with van der Waals surface area (Å²) in [6.07, 6.45) is 0.460. The average Bonchev–Trinajstić information content (AvgIpc) is 3.28. The number of hydrogen-bond acceptors (Lipinski definition) is 14. The van der Waals surface area contributed by atoms with E-state index in [1.54, 1.807) is 53.7 Å². The quantitative estimate of drug-likeness (QED) is 0.0343. The van der Waals surface area contributed by atoms with E-state index in [-0.39, 0.29) is 37.5 Å². The van der Waals surface area contributed by atoms with Crippen molar-refractivity contribution in [3.63, 3.8) is 0 Å². The third-order valence-corrected chi connectivity index (χ3v) is 11.1. The Kier molecular flexibility index (Phi) is 26.8. The Labute approximate surface area is 390 Å². The molecule has 0 saturated heterocycles. The van der Waals surface area contributed by atoms with Gasteiger partial charge in [0.1, 0.15) is 48.0 Å². The molecule has 0 aliphatic rings. The van der Waals surface area contributed by atoms with E-state index in [0.717, 1.165) is 0 Å². The number of aliphatic carboxylic acids is 2. The monoisotopic (exact) mass is 952 g/mol. The lowest BCUT2D eigenvalue weighted by atomic mass is 9.95. The highest BCUT2D eigenvalue weighted by atomic mass is 16.4. The fraction of sp³-hybridized carbons (Fsp3) is 0.659. The molecule has 1 rings (SSSR count). The Morgan fingerprint density at radius 3 is 1.45 bits per heavy atom. The van der Waals surface area contributed by atoms with Crippen molar-refractivity contribution in [2.75, 3.05) is 19.8 Å². The first-order valence-electron chi connectivity index (χ1n) is 22.6. The highest BCUT2D eigenvalue weighted by molar-refractivity contribution is 5.98. The van der Waals surface area contributed by atoms with E-state index in [1.165, 1.54) is 12.1 Å². The topological polar surface area (TPSA) is 391 Å². The van der Waals surface area contributed by atoms with Crippen LogP contribution in [0.15, 0.2) is 24.3 Å². The second-order valence-electron chi connectivity index (χ2n) is 17.1. The molecule has 0 saturated carbocycles. The minimum atomic E-state index is -1.65. The second-order valence-corrected chi connectivity index (χ2v) is 17.1. The molecule has 0 aliphatic heterocycles. The van der Waals surface area contributed by atoms with Gasteiger partial charge in [0, 0.05) is 6.42 Å². The third kappa shape index (κ3) is 21.1. The molecule has 378 valence electrons. The zero-order valence-electron chi connectivity index (χ0n) is 39.2. The number of carboxylic acid groups (broad SMARTS) is 2. The Hall–Kier alpha value is -5.91. The summed E-state index contributed by atoms with van der Waals surface area (Å²) in [5.41, 5.74) is 12.3. The lowest BCUT2D eigenvalue weighted by Crippen LogP contribution is -2.61. The van der Waals surface area contributed by atoms with Crippen LogP contribution in [-0.4, -0.2) is 147 Å². The van der Waals surface area contributed by atoms with Crippen LogP contribution in [-0.2, 0) is 49.6 Å². The Morgan fingerprint density at radius 1 is 0.567 bits per heavy atom. The summed E-state index contributed by atoms with van der Waals surface area (Å²) in [6, 6.07) is -5.32. The van der Waals surface area contributed by atoms with E-state index in [2.05, 4.69) is 37.2 Å². The van der Waals surface area contributed by atoms with Gasteiger partial charge >= 0.3 is 11.9 Å². The summed E-state index contributed by atoms with van der Waals surface area (Å²) < 4.78 is 0. The van der Waals surface area contributed by atoms with Crippen molar-refractivity contribution in [3.8, 4) is 5.75 Å². The number of carbonyl (C=O) groups excluding carboxylic acids is 7. The zero-order valence-corrected chi connectivity index (χ0v) is 39.2. The molecule has 10 atom stereocenters. The molecule has 0 aromatic heterocycles. The first kappa shape index (κ1) is 59.1. The summed E-state index contributed by atoms with van der Waals surface area (Å²) in [4.78, 5) is 118. The van der Waals surface area contributed by atoms with Crippen LogP contribution in [0.4, 0.5) is 0 Å². The van der Waals surface area contributed by atoms with Gasteiger partial charge in [0.25, 0.3) is 0 Å². The Morgan fingerprint density at radius 2 is 1.00 bits per heavy atom. The number of carbonyl (C=O) groups is 9. The third-order valence-electron chi connectivity index (χ3n) is 11.1. The van der Waals surface area contributed by atoms with Gasteiger partial charge in [0.15, 0.2) is 0 Å². The molecule has 1 aromatic rings. The van der Waals surface area contributed by atoms with Gasteiger partial charge in [-0.1, -0.05) is 66.5 Å². The fourth-order valence-electron chi connectivity index (χ4n) is 6.62. The van der Waals surface area contributed by atoms with Gasteiger partial charge in [-0.05, 0) is 80.5 Å². The van der Waals surface area contributed by atoms with Crippen molar-refractivity contribution in [1.82, 2.24) is 37.2 Å². The average molecular weight is 952 g/mol. The van der Waals surface area contributed by atoms with Gasteiger partial charge in [-0.25, -0.2) is 4.79 Å². The molecular formula is C44H73N9O14. The molecule has 0 aliphatic carbocycles. The normalized spacial score (nSPS) is 15.7. The van der Waals surface area contributed by atoms with Crippen LogP contribution < -0.4 is 48.7 Å². The minimum Gasteiger partial charge on any atom is -0.508 e. The van der Waals surface area contributed by atoms with Gasteiger partial charge in [-0.2, -0.15) is 0 Å². The summed E-state index contributed by atoms with van der Waals surface area (Å²) in [5.74, 6) is -10.4. The number of aliphatic hydroxyl groups is 2. The number of nitrogens with one attached hydrogen (secondary N) is 7. The largest absolute Gasteiger partial charge is 0.508 e. The van der Waals surface area contributed by atoms with Crippen molar-refractivity contribution in [3.05, 3.63) is 29.8 Å². The van der Waals surface area contributed by atoms with Crippen LogP contribution in [0.25, 0.3) is 0 Å². The van der Waals surface area contributed by atoms with Crippen molar-refractivity contribution < 1.29 is 68.7 Å². The number of amides is 7. The molecule has 0 fully saturated rings. The molecule has 0 radical (unpaired) electrons. The molecule has 0 spiro atoms. The summed E-state index contributed by atoms with van der Waals surface area (Å²) >= 11 is 0. The maximum Gasteiger partial charge on any atom is 0.328 e. The highest BCUT2D eigenvalue weighted by Crippen LogP contribution is 2.15. The van der Waals surface area contributed by atoms with Gasteiger partial charge < -0.3 is 74.2 Å². The molecule has 7 amide bonds. The predicted octanol–water partition coefficient (Wildman–Crippen LogP) is -2.14. The van der Waals surface area contributed by atoms with Crippen LogP contribution in [0.1, 0.15) is 98.5 Å². The molecule has 0 bridgehead atoms. The van der Waals surface area contributed by atoms with E-state index >= 15 is 0 Å². The lowest BCUT2D eigenvalue weighted by Gasteiger charge is -2.30. The van der Waals surface area contributed by atoms with Crippen LogP contribution in [0, 0.1) is 17.8 Å². The maximum absolute atomic E-state index is 14.1. The molecule has 23 nitrogen and oxygen atoms in total. The number of rotatable bonds is 32. The lowest BCUT2D eigenvalue weighted by molar-refractivity contribution is -0.143. The zero-order chi connectivity index (χ0) is 51.0. The van der Waals surface area contributed by atoms with Crippen molar-refractivity contribution in [1.29, 1.82) is 0 Å². The summed E-state index contributed by atoms with van der Waals surface area (Å²) in [5, 5.41) is 65.2. The molecule has 1 aromatic carbocycles. The number of phenols is 1. The van der Waals surface area contributed by atoms with Crippen LogP contribution >= 0.6 is 0 Å². The first-order chi connectivity index (χ1) is 31.5. The van der Waals surface area contributed by atoms with E-state index in [9.17, 15) is 68.7 Å². The molecule has 0 heterocycles. The minimum absolute atomic E-state index is 0.00625. The number of aromatic hydroxyl groups is 1. The van der Waals surface area contributed by atoms with E-state index in [4.69, 9.17) is 11.5 Å². The summed E-state index contributed by atoms with van der Waals surface area (Å²) in [6.45, 7) is 8.66. The van der Waals surface area contributed by atoms with Gasteiger partial charge in [0.05, 0.1) is 19.3 Å². The first-order valence-corrected chi connectivity index (χ1v) is 22.6. The Bertz CT molecular complexity index is 1800. The fourth-order valence-corrected chi connectivity index (χ4v) is 6.62. The number of benzene rings is 1. The van der Waals surface area contributed by atoms with Crippen LogP contribution in [0.3, 0.4) is 0 Å². The second kappa shape index (κ2) is 30.4. The predicted molar refractivity (Wildman–Crippen MR) is 243 cm³/mol. The van der Waals surface area contributed by atoms with Crippen LogP contribution in [0.5, 0.6) is 5.75 Å². The highest BCUT2D eigenvalue weighted by Gasteiger charge is 2.36. The summed E-state index contributed by atoms with van der Waals surface area (Å²) in [7, 11) is 0. The molecule has 67 heavy (non-hydrogen) atoms. The van der Waals surface area contributed by atoms with Gasteiger partial charge in [0.2, 0.25) is 41.4 Å². The molecule has 16 N–H and O–H groups in total. The number of carboxylic acids is 2. The Balaban J connectivity index is 3.38. The number of nitrogens with two attached hydrogens (primary N) is 2. The number of unbranched alkanes of at least 4 members (excludes halogenated alkanes) is 1. The van der Waals surface area contributed by atoms with Gasteiger partial charge in [-0.3, -0.25) is 38.4 Å². The van der Waals surface area contributed by atoms with E-state index in [1.807, 2.05) is 0 Å². The van der Waals surface area contributed by atoms with E-state index in [0.29, 0.717) is 31.2 Å². The molecule has 23 heteroatoms. The number of phenolic OH excluding ortho intramolecular Hbond substituents is 1. The van der Waals surface area contributed by atoms with Crippen molar-refractivity contribution in [2.24, 2.45) is 29.2 Å². The number of hydrogen-bond donors (Lipinski definition) is 14. The molecule has 10 unspecified atom stereocenters. The van der Waals surface area contributed by atoms with Crippen molar-refractivity contribution in [2.45, 2.75) is 148 Å². The van der Waals surface area contributed by atoms with Gasteiger partial charge in [-0.15, -0.1) is 0 Å². The SMILES string of the molecule is CCC(C)C(NC(=O)C(CCCCN)NC(=O)C(NC(=O)C(CCC(=O)O)NC(=O)C(CC(C)C)NC(=O)C(CO)NC(=O)C(N)Cc1ccc(O)cc1)C(C)CC)C(=O)NC(CO)C(=O)O. The van der Waals surface area contributed by atoms with Crippen LogP contribution in [0.2, 0.25) is 0 Å². The maximum atomic E-state index is 14.1. The standard InChI is InChI=1S/C44H73N9O14/c1-7-24(5)35(42(64)48-29(11-9-10-18-45)38(60)52-36(25(6)8-2)43(65)51-33(22-55)44(66)67)53-39(61)30(16-17-34(57)58)47-40(62)31(19-23(3)4)49-41(63)32(21-54)50-37(59)28(46)20-26-12-14-27(56)15-13-26/h12-15,23-25,28-33,35-36,54-56H,7-11,16-22,45-46H2,1-6H3,(H,47,62)(H,48,64)(H,49,63)(H,50,59)(H,51,65)(H,52,60)(H,53,61)(H,57,58)(H,66,67). The van der Waals surface area contributed by atoms with E-state index < -0.39 is 140 Å². The number of aliphatic hydroxyl groups excluding tert-OH is 2. The smallest absolute Gasteiger partial charge is 0.328 e. The molecular weight excluding hydrogens is 879 g/mol. The van der Waals surface area contributed by atoms with Crippen molar-refractivity contribution >= 4 is 53.3 Å².